The summed E-state index contributed by atoms with van der Waals surface area (Å²) in [6, 6.07) is 5.26. The minimum absolute atomic E-state index is 0.313. The maximum atomic E-state index is 9.49. The summed E-state index contributed by atoms with van der Waals surface area (Å²) in [4.78, 5) is 4.17. The van der Waals surface area contributed by atoms with Gasteiger partial charge < -0.3 is 9.84 Å². The van der Waals surface area contributed by atoms with Crippen LogP contribution < -0.4 is 4.74 Å². The number of aryl methyl sites for hydroxylation is 1. The Morgan fingerprint density at radius 2 is 2.25 bits per heavy atom. The molecule has 1 N–H and O–H groups in total. The van der Waals surface area contributed by atoms with E-state index in [2.05, 4.69) is 17.0 Å². The molecule has 20 heavy (non-hydrogen) atoms. The number of hydrogen-bond acceptors (Lipinski definition) is 4. The van der Waals surface area contributed by atoms with Crippen LogP contribution in [0.1, 0.15) is 37.8 Å². The lowest BCUT2D eigenvalue weighted by molar-refractivity contribution is 0.199. The van der Waals surface area contributed by atoms with E-state index in [1.165, 1.54) is 6.33 Å². The Morgan fingerprint density at radius 1 is 1.45 bits per heavy atom. The van der Waals surface area contributed by atoms with Crippen LogP contribution in [0.25, 0.3) is 0 Å². The van der Waals surface area contributed by atoms with Crippen LogP contribution in [0.2, 0.25) is 5.02 Å². The number of aliphatic hydroxyl groups excluding tert-OH is 1. The first-order valence-electron chi connectivity index (χ1n) is 6.58. The fraction of sp³-hybridized carbons (Fsp3) is 0.429. The maximum Gasteiger partial charge on any atom is 0.164 e. The first-order chi connectivity index (χ1) is 9.61. The topological polar surface area (TPSA) is 60.2 Å². The maximum absolute atomic E-state index is 9.49. The molecule has 1 aromatic heterocycles. The van der Waals surface area contributed by atoms with Crippen molar-refractivity contribution in [2.45, 2.75) is 39.5 Å². The highest BCUT2D eigenvalue weighted by molar-refractivity contribution is 6.32. The Labute approximate surface area is 123 Å². The van der Waals surface area contributed by atoms with Gasteiger partial charge in [0, 0.05) is 6.54 Å². The highest BCUT2D eigenvalue weighted by atomic mass is 35.5. The van der Waals surface area contributed by atoms with E-state index in [-0.39, 0.29) is 0 Å². The zero-order valence-electron chi connectivity index (χ0n) is 11.6. The first kappa shape index (κ1) is 14.8. The third kappa shape index (κ3) is 3.49. The molecule has 0 bridgehead atoms. The Hall–Kier alpha value is -1.59. The molecule has 6 heteroatoms. The lowest BCUT2D eigenvalue weighted by atomic mass is 10.1. The van der Waals surface area contributed by atoms with Crippen molar-refractivity contribution in [2.75, 3.05) is 0 Å². The number of benzene rings is 1. The van der Waals surface area contributed by atoms with Gasteiger partial charge >= 0.3 is 0 Å². The summed E-state index contributed by atoms with van der Waals surface area (Å²) in [7, 11) is 0. The van der Waals surface area contributed by atoms with Crippen molar-refractivity contribution >= 4 is 11.6 Å². The van der Waals surface area contributed by atoms with Gasteiger partial charge in [-0.3, -0.25) is 0 Å². The minimum Gasteiger partial charge on any atom is -0.484 e. The van der Waals surface area contributed by atoms with E-state index in [9.17, 15) is 5.11 Å². The summed E-state index contributed by atoms with van der Waals surface area (Å²) in [6.45, 7) is 4.90. The van der Waals surface area contributed by atoms with E-state index >= 15 is 0 Å². The molecule has 1 heterocycles. The Kier molecular flexibility index (Phi) is 4.98. The van der Waals surface area contributed by atoms with Crippen molar-refractivity contribution in [3.63, 3.8) is 0 Å². The van der Waals surface area contributed by atoms with Crippen molar-refractivity contribution in [2.24, 2.45) is 0 Å². The Morgan fingerprint density at radius 3 is 2.90 bits per heavy atom. The van der Waals surface area contributed by atoms with Gasteiger partial charge in [0.1, 0.15) is 18.7 Å². The molecule has 0 fully saturated rings. The number of aromatic nitrogens is 3. The van der Waals surface area contributed by atoms with Crippen LogP contribution >= 0.6 is 11.6 Å². The third-order valence-corrected chi connectivity index (χ3v) is 3.22. The molecule has 0 radical (unpaired) electrons. The van der Waals surface area contributed by atoms with Gasteiger partial charge in [0.2, 0.25) is 0 Å². The predicted octanol–water partition coefficient (Wildman–Crippen LogP) is 2.97. The summed E-state index contributed by atoms with van der Waals surface area (Å²) in [6.07, 6.45) is 1.96. The van der Waals surface area contributed by atoms with E-state index in [1.54, 1.807) is 25.1 Å². The number of halogens is 1. The molecular formula is C14H18ClN3O2. The summed E-state index contributed by atoms with van der Waals surface area (Å²) in [5.41, 5.74) is 0.761. The lowest BCUT2D eigenvalue weighted by Crippen LogP contribution is -2.08. The van der Waals surface area contributed by atoms with Gasteiger partial charge in [0.15, 0.2) is 5.82 Å². The summed E-state index contributed by atoms with van der Waals surface area (Å²) in [5.74, 6) is 1.34. The van der Waals surface area contributed by atoms with E-state index in [4.69, 9.17) is 16.3 Å². The van der Waals surface area contributed by atoms with Gasteiger partial charge in [-0.15, -0.1) is 0 Å². The normalized spacial score (nSPS) is 12.4. The molecule has 108 valence electrons. The van der Waals surface area contributed by atoms with Crippen molar-refractivity contribution in [3.8, 4) is 5.75 Å². The van der Waals surface area contributed by atoms with Crippen LogP contribution in [-0.2, 0) is 13.2 Å². The van der Waals surface area contributed by atoms with Gasteiger partial charge in [-0.2, -0.15) is 5.10 Å². The van der Waals surface area contributed by atoms with Crippen molar-refractivity contribution in [1.82, 2.24) is 14.8 Å². The molecule has 0 aliphatic carbocycles. The lowest BCUT2D eigenvalue weighted by Gasteiger charge is -2.11. The van der Waals surface area contributed by atoms with E-state index in [1.807, 2.05) is 4.68 Å². The SMILES string of the molecule is CCCn1ncnc1COc1ccc([C@@H](C)O)cc1Cl. The highest BCUT2D eigenvalue weighted by Crippen LogP contribution is 2.28. The van der Waals surface area contributed by atoms with Crippen molar-refractivity contribution in [1.29, 1.82) is 0 Å². The molecule has 1 atom stereocenters. The Bertz CT molecular complexity index is 569. The smallest absolute Gasteiger partial charge is 0.164 e. The van der Waals surface area contributed by atoms with Crippen LogP contribution in [0.3, 0.4) is 0 Å². The average Bonchev–Trinajstić information content (AvgIpc) is 2.85. The van der Waals surface area contributed by atoms with Crippen LogP contribution in [0.4, 0.5) is 0 Å². The molecule has 5 nitrogen and oxygen atoms in total. The van der Waals surface area contributed by atoms with Gasteiger partial charge in [0.05, 0.1) is 11.1 Å². The molecule has 0 unspecified atom stereocenters. The second-order valence-electron chi connectivity index (χ2n) is 4.55. The van der Waals surface area contributed by atoms with Gasteiger partial charge in [0.25, 0.3) is 0 Å². The highest BCUT2D eigenvalue weighted by Gasteiger charge is 2.09. The molecular weight excluding hydrogens is 278 g/mol. The molecule has 0 aliphatic rings. The van der Waals surface area contributed by atoms with Crippen LogP contribution in [-0.4, -0.2) is 19.9 Å². The molecule has 0 saturated carbocycles. The standard InChI is InChI=1S/C14H18ClN3O2/c1-3-6-18-14(16-9-17-18)8-20-13-5-4-11(10(2)19)7-12(13)15/h4-5,7,9-10,19H,3,6,8H2,1-2H3/t10-/m1/s1. The van der Waals surface area contributed by atoms with Crippen molar-refractivity contribution < 1.29 is 9.84 Å². The van der Waals surface area contributed by atoms with Crippen LogP contribution in [0, 0.1) is 0 Å². The van der Waals surface area contributed by atoms with Crippen LogP contribution in [0.15, 0.2) is 24.5 Å². The molecule has 0 spiro atoms. The molecule has 0 amide bonds. The third-order valence-electron chi connectivity index (χ3n) is 2.93. The molecule has 2 rings (SSSR count). The monoisotopic (exact) mass is 295 g/mol. The number of aliphatic hydroxyl groups is 1. The largest absolute Gasteiger partial charge is 0.484 e. The van der Waals surface area contributed by atoms with Gasteiger partial charge in [-0.1, -0.05) is 24.6 Å². The molecule has 2 aromatic rings. The molecule has 0 aliphatic heterocycles. The average molecular weight is 296 g/mol. The zero-order chi connectivity index (χ0) is 14.5. The summed E-state index contributed by atoms with van der Waals surface area (Å²) in [5, 5.41) is 14.1. The quantitative estimate of drug-likeness (QED) is 0.890. The summed E-state index contributed by atoms with van der Waals surface area (Å²) >= 11 is 6.14. The van der Waals surface area contributed by atoms with Gasteiger partial charge in [-0.05, 0) is 31.0 Å². The Balaban J connectivity index is 2.05. The van der Waals surface area contributed by atoms with Crippen LogP contribution in [0.5, 0.6) is 5.75 Å². The van der Waals surface area contributed by atoms with E-state index in [0.29, 0.717) is 17.4 Å². The first-order valence-corrected chi connectivity index (χ1v) is 6.96. The van der Waals surface area contributed by atoms with E-state index in [0.717, 1.165) is 24.4 Å². The fourth-order valence-electron chi connectivity index (χ4n) is 1.83. The van der Waals surface area contributed by atoms with E-state index < -0.39 is 6.10 Å². The fourth-order valence-corrected chi connectivity index (χ4v) is 2.08. The predicted molar refractivity (Wildman–Crippen MR) is 76.7 cm³/mol. The second kappa shape index (κ2) is 6.72. The summed E-state index contributed by atoms with van der Waals surface area (Å²) < 4.78 is 7.48. The number of nitrogens with zero attached hydrogens (tertiary/aromatic N) is 3. The zero-order valence-corrected chi connectivity index (χ0v) is 12.3. The van der Waals surface area contributed by atoms with Gasteiger partial charge in [-0.25, -0.2) is 9.67 Å². The number of rotatable bonds is 6. The number of ether oxygens (including phenoxy) is 1. The van der Waals surface area contributed by atoms with Crippen molar-refractivity contribution in [3.05, 3.63) is 40.9 Å². The molecule has 1 aromatic carbocycles. The number of hydrogen-bond donors (Lipinski definition) is 1. The minimum atomic E-state index is -0.547. The molecule has 0 saturated heterocycles. The second-order valence-corrected chi connectivity index (χ2v) is 4.96.